The first-order chi connectivity index (χ1) is 16.6. The van der Waals surface area contributed by atoms with Crippen LogP contribution in [0.2, 0.25) is 5.02 Å². The number of aromatic nitrogens is 2. The molecule has 0 radical (unpaired) electrons. The summed E-state index contributed by atoms with van der Waals surface area (Å²) in [6.07, 6.45) is 1.54. The maximum Gasteiger partial charge on any atom is 0.296 e. The molecule has 3 unspecified atom stereocenters. The zero-order valence-corrected chi connectivity index (χ0v) is 21.3. The molecule has 1 saturated heterocycles. The van der Waals surface area contributed by atoms with Crippen LogP contribution in [0.5, 0.6) is 5.75 Å². The summed E-state index contributed by atoms with van der Waals surface area (Å²) in [5.74, 6) is 0.249. The minimum absolute atomic E-state index is 0.119. The number of nitrogens with one attached hydrogen (secondary N) is 1. The number of halogens is 1. The molecule has 0 saturated carbocycles. The van der Waals surface area contributed by atoms with Crippen molar-refractivity contribution in [2.24, 2.45) is 0 Å². The topological polar surface area (TPSA) is 110 Å². The second-order valence-corrected chi connectivity index (χ2v) is 9.84. The first-order valence-corrected chi connectivity index (χ1v) is 12.0. The Morgan fingerprint density at radius 3 is 2.86 bits per heavy atom. The van der Waals surface area contributed by atoms with Crippen molar-refractivity contribution >= 4 is 34.6 Å². The normalized spacial score (nSPS) is 22.1. The molecular formula is C25H31ClN4O5. The van der Waals surface area contributed by atoms with Gasteiger partial charge in [-0.15, -0.1) is 0 Å². The molecule has 3 aromatic rings. The minimum atomic E-state index is -0.625. The predicted molar refractivity (Wildman–Crippen MR) is 133 cm³/mol. The Kier molecular flexibility index (Phi) is 7.21. The number of morpholine rings is 1. The van der Waals surface area contributed by atoms with E-state index in [0.717, 1.165) is 5.69 Å². The summed E-state index contributed by atoms with van der Waals surface area (Å²) in [6, 6.07) is 6.79. The van der Waals surface area contributed by atoms with Crippen molar-refractivity contribution in [3.05, 3.63) is 46.7 Å². The number of anilines is 1. The number of nitrogens with zero attached hydrogens (tertiary/aromatic N) is 3. The zero-order chi connectivity index (χ0) is 25.3. The van der Waals surface area contributed by atoms with E-state index in [4.69, 9.17) is 25.5 Å². The third kappa shape index (κ3) is 5.52. The maximum atomic E-state index is 13.6. The molecule has 0 aliphatic carbocycles. The lowest BCUT2D eigenvalue weighted by molar-refractivity contribution is -0.124. The van der Waals surface area contributed by atoms with E-state index in [2.05, 4.69) is 15.3 Å². The molecule has 1 aromatic carbocycles. The summed E-state index contributed by atoms with van der Waals surface area (Å²) in [6.45, 7) is 8.26. The number of oxazole rings is 1. The number of amides is 1. The second-order valence-electron chi connectivity index (χ2n) is 9.41. The Labute approximate surface area is 209 Å². The van der Waals surface area contributed by atoms with Crippen molar-refractivity contribution < 1.29 is 23.8 Å². The van der Waals surface area contributed by atoms with Crippen LogP contribution in [0.25, 0.3) is 11.1 Å². The van der Waals surface area contributed by atoms with Gasteiger partial charge in [-0.3, -0.25) is 9.78 Å². The van der Waals surface area contributed by atoms with E-state index in [0.29, 0.717) is 47.0 Å². The number of pyridine rings is 1. The number of aliphatic hydroxyl groups excluding tert-OH is 1. The number of ether oxygens (including phenoxy) is 2. The standard InChI is InChI=1S/C25H31ClN4O5/c1-14-12-34-25(4,11-15(2)31)13-30(14)23(32)17-8-20-22(21(9-17)33-5)35-24(29-20)28-16(3)19-10-18(26)6-7-27-19/h6-10,14-16,31H,11-13H2,1-5H3,(H,28,29)/t14-,15?,16?,25?/m1/s1. The smallest absolute Gasteiger partial charge is 0.296 e. The summed E-state index contributed by atoms with van der Waals surface area (Å²) in [5, 5.41) is 13.7. The number of benzene rings is 1. The van der Waals surface area contributed by atoms with Crippen LogP contribution in [0.3, 0.4) is 0 Å². The SMILES string of the molecule is COc1cc(C(=O)N2CC(C)(CC(C)O)OC[C@H]2C)cc2nc(NC(C)c3cc(Cl)ccn3)oc12. The highest BCUT2D eigenvalue weighted by Crippen LogP contribution is 2.33. The van der Waals surface area contributed by atoms with Crippen molar-refractivity contribution in [2.45, 2.75) is 57.9 Å². The lowest BCUT2D eigenvalue weighted by Gasteiger charge is -2.44. The summed E-state index contributed by atoms with van der Waals surface area (Å²) < 4.78 is 17.4. The molecule has 9 nitrogen and oxygen atoms in total. The van der Waals surface area contributed by atoms with Crippen LogP contribution < -0.4 is 10.1 Å². The fraction of sp³-hybridized carbons (Fsp3) is 0.480. The predicted octanol–water partition coefficient (Wildman–Crippen LogP) is 4.45. The third-order valence-corrected chi connectivity index (χ3v) is 6.38. The highest BCUT2D eigenvalue weighted by Gasteiger charge is 2.39. The van der Waals surface area contributed by atoms with Gasteiger partial charge in [0.15, 0.2) is 11.3 Å². The highest BCUT2D eigenvalue weighted by molar-refractivity contribution is 6.30. The van der Waals surface area contributed by atoms with Gasteiger partial charge in [0.1, 0.15) is 5.52 Å². The van der Waals surface area contributed by atoms with Gasteiger partial charge in [0.05, 0.1) is 49.7 Å². The highest BCUT2D eigenvalue weighted by atomic mass is 35.5. The zero-order valence-electron chi connectivity index (χ0n) is 20.5. The van der Waals surface area contributed by atoms with Gasteiger partial charge in [-0.25, -0.2) is 0 Å². The first-order valence-electron chi connectivity index (χ1n) is 11.6. The molecule has 1 aliphatic heterocycles. The number of fused-ring (bicyclic) bond motifs is 1. The Morgan fingerprint density at radius 1 is 1.40 bits per heavy atom. The average molecular weight is 503 g/mol. The van der Waals surface area contributed by atoms with E-state index >= 15 is 0 Å². The molecule has 1 aliphatic rings. The van der Waals surface area contributed by atoms with E-state index in [1.165, 1.54) is 7.11 Å². The van der Waals surface area contributed by atoms with Crippen molar-refractivity contribution in [1.82, 2.24) is 14.9 Å². The average Bonchev–Trinajstić information content (AvgIpc) is 3.21. The van der Waals surface area contributed by atoms with Gasteiger partial charge >= 0.3 is 0 Å². The lowest BCUT2D eigenvalue weighted by atomic mass is 9.94. The van der Waals surface area contributed by atoms with Crippen LogP contribution >= 0.6 is 11.6 Å². The van der Waals surface area contributed by atoms with Crippen molar-refractivity contribution in [3.63, 3.8) is 0 Å². The van der Waals surface area contributed by atoms with E-state index in [-0.39, 0.29) is 24.0 Å². The molecule has 4 atom stereocenters. The molecule has 0 spiro atoms. The van der Waals surface area contributed by atoms with E-state index in [1.54, 1.807) is 42.3 Å². The van der Waals surface area contributed by atoms with Crippen LogP contribution in [0.4, 0.5) is 6.01 Å². The van der Waals surface area contributed by atoms with Gasteiger partial charge < -0.3 is 29.2 Å². The van der Waals surface area contributed by atoms with Gasteiger partial charge in [-0.1, -0.05) is 11.6 Å². The molecule has 2 aromatic heterocycles. The van der Waals surface area contributed by atoms with Gasteiger partial charge in [-0.05, 0) is 52.0 Å². The van der Waals surface area contributed by atoms with Crippen LogP contribution in [0.1, 0.15) is 56.2 Å². The Balaban J connectivity index is 1.60. The Bertz CT molecular complexity index is 1220. The molecule has 3 heterocycles. The number of rotatable bonds is 7. The summed E-state index contributed by atoms with van der Waals surface area (Å²) in [4.78, 5) is 24.2. The number of carbonyl (C=O) groups excluding carboxylic acids is 1. The third-order valence-electron chi connectivity index (χ3n) is 6.15. The minimum Gasteiger partial charge on any atom is -0.493 e. The second kappa shape index (κ2) is 10.0. The summed E-state index contributed by atoms with van der Waals surface area (Å²) in [5.41, 5.74) is 1.48. The number of methoxy groups -OCH3 is 1. The number of hydrogen-bond donors (Lipinski definition) is 2. The fourth-order valence-electron chi connectivity index (χ4n) is 4.42. The van der Waals surface area contributed by atoms with Crippen LogP contribution in [0, 0.1) is 0 Å². The van der Waals surface area contributed by atoms with Crippen molar-refractivity contribution in [1.29, 1.82) is 0 Å². The van der Waals surface area contributed by atoms with Crippen LogP contribution in [-0.2, 0) is 4.74 Å². The van der Waals surface area contributed by atoms with Crippen LogP contribution in [0.15, 0.2) is 34.9 Å². The Hall–Kier alpha value is -2.88. The monoisotopic (exact) mass is 502 g/mol. The Morgan fingerprint density at radius 2 is 2.17 bits per heavy atom. The fourth-order valence-corrected chi connectivity index (χ4v) is 4.58. The van der Waals surface area contributed by atoms with Gasteiger partial charge in [0.2, 0.25) is 0 Å². The summed E-state index contributed by atoms with van der Waals surface area (Å²) >= 11 is 6.08. The molecule has 35 heavy (non-hydrogen) atoms. The molecule has 4 rings (SSSR count). The van der Waals surface area contributed by atoms with Crippen molar-refractivity contribution in [3.8, 4) is 5.75 Å². The first kappa shape index (κ1) is 25.2. The number of aliphatic hydroxyl groups is 1. The molecule has 1 amide bonds. The molecule has 10 heteroatoms. The van der Waals surface area contributed by atoms with E-state index in [9.17, 15) is 9.90 Å². The maximum absolute atomic E-state index is 13.6. The molecular weight excluding hydrogens is 472 g/mol. The summed E-state index contributed by atoms with van der Waals surface area (Å²) in [7, 11) is 1.52. The van der Waals surface area contributed by atoms with Crippen LogP contribution in [-0.4, -0.2) is 63.9 Å². The van der Waals surface area contributed by atoms with Gasteiger partial charge in [-0.2, -0.15) is 4.98 Å². The molecule has 2 N–H and O–H groups in total. The quantitative estimate of drug-likeness (QED) is 0.487. The largest absolute Gasteiger partial charge is 0.493 e. The number of hydrogen-bond acceptors (Lipinski definition) is 8. The molecule has 1 fully saturated rings. The van der Waals surface area contributed by atoms with Crippen molar-refractivity contribution in [2.75, 3.05) is 25.6 Å². The van der Waals surface area contributed by atoms with Gasteiger partial charge in [0, 0.05) is 23.2 Å². The van der Waals surface area contributed by atoms with Gasteiger partial charge in [0.25, 0.3) is 11.9 Å². The van der Waals surface area contributed by atoms with E-state index < -0.39 is 11.7 Å². The number of carbonyl (C=O) groups is 1. The van der Waals surface area contributed by atoms with E-state index in [1.807, 2.05) is 20.8 Å². The lowest BCUT2D eigenvalue weighted by Crippen LogP contribution is -2.57. The molecule has 188 valence electrons. The molecule has 0 bridgehead atoms.